The number of aliphatic hydroxyl groups is 1. The van der Waals surface area contributed by atoms with Crippen molar-refractivity contribution < 1.29 is 14.6 Å². The molecule has 1 aromatic carbocycles. The Kier molecular flexibility index (Phi) is 4.95. The van der Waals surface area contributed by atoms with Gasteiger partial charge in [-0.1, -0.05) is 30.3 Å². The van der Waals surface area contributed by atoms with Crippen molar-refractivity contribution >= 4 is 6.09 Å². The van der Waals surface area contributed by atoms with Gasteiger partial charge in [-0.3, -0.25) is 4.90 Å². The Morgan fingerprint density at radius 3 is 2.82 bits per heavy atom. The Balaban J connectivity index is 1.48. The van der Waals surface area contributed by atoms with Gasteiger partial charge in [-0.05, 0) is 31.2 Å². The van der Waals surface area contributed by atoms with Crippen LogP contribution in [0.25, 0.3) is 0 Å². The average molecular weight is 304 g/mol. The third-order valence-electron chi connectivity index (χ3n) is 4.66. The predicted octanol–water partition coefficient (Wildman–Crippen LogP) is 1.90. The average Bonchev–Trinajstić information content (AvgIpc) is 3.15. The lowest BCUT2D eigenvalue weighted by atomic mass is 10.1. The lowest BCUT2D eigenvalue weighted by molar-refractivity contribution is 0.122. The minimum atomic E-state index is -0.347. The first-order valence-electron chi connectivity index (χ1n) is 8.12. The number of likely N-dealkylation sites (tertiary alicyclic amines) is 1. The maximum absolute atomic E-state index is 12.0. The number of nitrogens with zero attached hydrogens (tertiary/aromatic N) is 1. The molecule has 1 saturated heterocycles. The van der Waals surface area contributed by atoms with Crippen molar-refractivity contribution in [2.24, 2.45) is 0 Å². The number of amides is 1. The van der Waals surface area contributed by atoms with Gasteiger partial charge >= 0.3 is 6.09 Å². The molecule has 0 spiro atoms. The lowest BCUT2D eigenvalue weighted by Crippen LogP contribution is -2.48. The monoisotopic (exact) mass is 304 g/mol. The van der Waals surface area contributed by atoms with Crippen LogP contribution < -0.4 is 5.32 Å². The summed E-state index contributed by atoms with van der Waals surface area (Å²) >= 11 is 0. The van der Waals surface area contributed by atoms with E-state index in [-0.39, 0.29) is 18.2 Å². The normalized spacial score (nSPS) is 28.7. The molecule has 1 aliphatic carbocycles. The number of rotatable bonds is 4. The largest absolute Gasteiger partial charge is 0.445 e. The van der Waals surface area contributed by atoms with Gasteiger partial charge in [-0.15, -0.1) is 0 Å². The molecule has 2 aliphatic rings. The van der Waals surface area contributed by atoms with E-state index in [1.807, 2.05) is 30.3 Å². The van der Waals surface area contributed by atoms with E-state index >= 15 is 0 Å². The molecule has 1 aliphatic heterocycles. The molecule has 2 fully saturated rings. The smallest absolute Gasteiger partial charge is 0.407 e. The van der Waals surface area contributed by atoms with E-state index in [2.05, 4.69) is 10.2 Å². The van der Waals surface area contributed by atoms with Crippen LogP contribution in [0.5, 0.6) is 0 Å². The van der Waals surface area contributed by atoms with E-state index in [4.69, 9.17) is 4.74 Å². The summed E-state index contributed by atoms with van der Waals surface area (Å²) in [5, 5.41) is 12.7. The highest BCUT2D eigenvalue weighted by atomic mass is 16.5. The van der Waals surface area contributed by atoms with Crippen LogP contribution >= 0.6 is 0 Å². The van der Waals surface area contributed by atoms with E-state index in [0.29, 0.717) is 12.6 Å². The highest BCUT2D eigenvalue weighted by molar-refractivity contribution is 5.67. The molecule has 3 atom stereocenters. The van der Waals surface area contributed by atoms with Crippen LogP contribution in [0.2, 0.25) is 0 Å². The molecule has 1 saturated carbocycles. The first-order chi connectivity index (χ1) is 10.7. The van der Waals surface area contributed by atoms with Crippen LogP contribution in [0.3, 0.4) is 0 Å². The molecule has 1 amide bonds. The summed E-state index contributed by atoms with van der Waals surface area (Å²) in [6.07, 6.45) is 3.45. The number of ether oxygens (including phenoxy) is 1. The number of nitrogens with one attached hydrogen (secondary N) is 1. The maximum atomic E-state index is 12.0. The van der Waals surface area contributed by atoms with E-state index in [1.165, 1.54) is 0 Å². The molecule has 0 aromatic heterocycles. The number of β-amino-alcohol motifs (C(OH)–C–C–N with tert-alkyl or cyclic N) is 1. The Morgan fingerprint density at radius 1 is 1.27 bits per heavy atom. The predicted molar refractivity (Wildman–Crippen MR) is 83.4 cm³/mol. The topological polar surface area (TPSA) is 61.8 Å². The zero-order valence-corrected chi connectivity index (χ0v) is 12.8. The van der Waals surface area contributed by atoms with Crippen molar-refractivity contribution in [1.82, 2.24) is 10.2 Å². The van der Waals surface area contributed by atoms with Crippen LogP contribution in [-0.4, -0.2) is 47.4 Å². The maximum Gasteiger partial charge on any atom is 0.407 e. The molecule has 1 unspecified atom stereocenters. The third-order valence-corrected chi connectivity index (χ3v) is 4.66. The first-order valence-corrected chi connectivity index (χ1v) is 8.12. The molecule has 5 heteroatoms. The first kappa shape index (κ1) is 15.3. The highest BCUT2D eigenvalue weighted by Crippen LogP contribution is 2.27. The molecule has 3 rings (SSSR count). The second-order valence-corrected chi connectivity index (χ2v) is 6.25. The Hall–Kier alpha value is -1.59. The number of carbonyl (C=O) groups excluding carboxylic acids is 1. The molecule has 2 N–H and O–H groups in total. The van der Waals surface area contributed by atoms with Gasteiger partial charge in [0.1, 0.15) is 6.61 Å². The van der Waals surface area contributed by atoms with E-state index in [9.17, 15) is 9.90 Å². The Labute approximate surface area is 131 Å². The summed E-state index contributed by atoms with van der Waals surface area (Å²) in [5.41, 5.74) is 0.989. The standard InChI is InChI=1S/C17H24N2O3/c20-14-9-10-19(11-14)16-8-4-7-15(16)18-17(21)22-12-13-5-2-1-3-6-13/h1-3,5-6,14-16,20H,4,7-12H2,(H,18,21)/t14?,15-,16+/m0/s1. The van der Waals surface area contributed by atoms with Gasteiger partial charge in [-0.25, -0.2) is 4.79 Å². The summed E-state index contributed by atoms with van der Waals surface area (Å²) in [7, 11) is 0. The molecular weight excluding hydrogens is 280 g/mol. The fourth-order valence-corrected chi connectivity index (χ4v) is 3.53. The number of carbonyl (C=O) groups is 1. The Bertz CT molecular complexity index is 494. The molecular formula is C17H24N2O3. The van der Waals surface area contributed by atoms with E-state index in [0.717, 1.165) is 44.3 Å². The van der Waals surface area contributed by atoms with Gasteiger partial charge < -0.3 is 15.2 Å². The molecule has 0 radical (unpaired) electrons. The van der Waals surface area contributed by atoms with Gasteiger partial charge in [-0.2, -0.15) is 0 Å². The Morgan fingerprint density at radius 2 is 2.09 bits per heavy atom. The summed E-state index contributed by atoms with van der Waals surface area (Å²) in [6.45, 7) is 1.94. The van der Waals surface area contributed by atoms with Crippen LogP contribution in [0.4, 0.5) is 4.79 Å². The number of alkyl carbamates (subject to hydrolysis) is 1. The summed E-state index contributed by atoms with van der Waals surface area (Å²) in [6, 6.07) is 10.2. The number of hydrogen-bond donors (Lipinski definition) is 2. The van der Waals surface area contributed by atoms with Gasteiger partial charge in [0.2, 0.25) is 0 Å². The van der Waals surface area contributed by atoms with Crippen molar-refractivity contribution in [3.8, 4) is 0 Å². The molecule has 1 heterocycles. The van der Waals surface area contributed by atoms with Crippen molar-refractivity contribution in [3.63, 3.8) is 0 Å². The minimum Gasteiger partial charge on any atom is -0.445 e. The number of hydrogen-bond acceptors (Lipinski definition) is 4. The molecule has 120 valence electrons. The fourth-order valence-electron chi connectivity index (χ4n) is 3.53. The highest BCUT2D eigenvalue weighted by Gasteiger charge is 2.36. The van der Waals surface area contributed by atoms with Crippen LogP contribution in [0, 0.1) is 0 Å². The van der Waals surface area contributed by atoms with Crippen molar-refractivity contribution in [3.05, 3.63) is 35.9 Å². The number of aliphatic hydroxyl groups excluding tert-OH is 1. The van der Waals surface area contributed by atoms with Crippen molar-refractivity contribution in [1.29, 1.82) is 0 Å². The van der Waals surface area contributed by atoms with E-state index < -0.39 is 0 Å². The van der Waals surface area contributed by atoms with Crippen LogP contribution in [0.15, 0.2) is 30.3 Å². The lowest BCUT2D eigenvalue weighted by Gasteiger charge is -2.29. The second-order valence-electron chi connectivity index (χ2n) is 6.25. The zero-order valence-electron chi connectivity index (χ0n) is 12.8. The zero-order chi connectivity index (χ0) is 15.4. The summed E-state index contributed by atoms with van der Waals surface area (Å²) in [5.74, 6) is 0. The summed E-state index contributed by atoms with van der Waals surface area (Å²) in [4.78, 5) is 14.3. The van der Waals surface area contributed by atoms with Crippen LogP contribution in [0.1, 0.15) is 31.2 Å². The molecule has 5 nitrogen and oxygen atoms in total. The molecule has 22 heavy (non-hydrogen) atoms. The quantitative estimate of drug-likeness (QED) is 0.892. The van der Waals surface area contributed by atoms with Crippen molar-refractivity contribution in [2.45, 2.75) is 50.5 Å². The van der Waals surface area contributed by atoms with Gasteiger partial charge in [0.15, 0.2) is 0 Å². The van der Waals surface area contributed by atoms with Gasteiger partial charge in [0.05, 0.1) is 6.10 Å². The number of benzene rings is 1. The van der Waals surface area contributed by atoms with Crippen LogP contribution in [-0.2, 0) is 11.3 Å². The second kappa shape index (κ2) is 7.11. The molecule has 0 bridgehead atoms. The third kappa shape index (κ3) is 3.78. The van der Waals surface area contributed by atoms with Crippen molar-refractivity contribution in [2.75, 3.05) is 13.1 Å². The van der Waals surface area contributed by atoms with Gasteiger partial charge in [0.25, 0.3) is 0 Å². The molecule has 1 aromatic rings. The SMILES string of the molecule is O=C(N[C@H]1CCC[C@H]1N1CCC(O)C1)OCc1ccccc1. The van der Waals surface area contributed by atoms with E-state index in [1.54, 1.807) is 0 Å². The summed E-state index contributed by atoms with van der Waals surface area (Å²) < 4.78 is 5.30. The van der Waals surface area contributed by atoms with Gasteiger partial charge in [0, 0.05) is 25.2 Å². The fraction of sp³-hybridized carbons (Fsp3) is 0.588. The minimum absolute atomic E-state index is 0.133.